The molecule has 1 aliphatic rings. The van der Waals surface area contributed by atoms with Crippen molar-refractivity contribution in [2.45, 2.75) is 25.2 Å². The summed E-state index contributed by atoms with van der Waals surface area (Å²) in [5, 5.41) is 3.47. The van der Waals surface area contributed by atoms with Gasteiger partial charge in [-0.15, -0.1) is 11.3 Å². The molecule has 0 spiro atoms. The molecule has 2 aromatic rings. The van der Waals surface area contributed by atoms with Gasteiger partial charge in [-0.2, -0.15) is 18.1 Å². The SMILES string of the molecule is CCCN1C(=O)[C@](NC(=O)c2cccs2)(C(F)(F)F)[NH+]=C1c1ccccc1. The van der Waals surface area contributed by atoms with Crippen molar-refractivity contribution < 1.29 is 27.8 Å². The number of nitrogens with one attached hydrogen (secondary N) is 2. The number of hydrogen-bond acceptors (Lipinski definition) is 3. The van der Waals surface area contributed by atoms with E-state index in [0.29, 0.717) is 12.0 Å². The lowest BCUT2D eigenvalue weighted by atomic mass is 10.1. The lowest BCUT2D eigenvalue weighted by Crippen LogP contribution is -2.96. The van der Waals surface area contributed by atoms with Crippen LogP contribution in [0.1, 0.15) is 28.6 Å². The molecule has 0 unspecified atom stereocenters. The zero-order valence-corrected chi connectivity index (χ0v) is 15.2. The highest BCUT2D eigenvalue weighted by molar-refractivity contribution is 7.12. The van der Waals surface area contributed by atoms with E-state index in [4.69, 9.17) is 0 Å². The number of amidine groups is 1. The molecule has 2 amide bonds. The van der Waals surface area contributed by atoms with Crippen LogP contribution in [-0.2, 0) is 4.79 Å². The molecular formula is C18H17F3N3O2S+. The predicted octanol–water partition coefficient (Wildman–Crippen LogP) is 1.52. The van der Waals surface area contributed by atoms with Gasteiger partial charge in [0.05, 0.1) is 17.0 Å². The highest BCUT2D eigenvalue weighted by Gasteiger charge is 2.72. The Bertz CT molecular complexity index is 866. The summed E-state index contributed by atoms with van der Waals surface area (Å²) in [6.45, 7) is 1.84. The Morgan fingerprint density at radius 3 is 2.48 bits per heavy atom. The summed E-state index contributed by atoms with van der Waals surface area (Å²) in [6.07, 6.45) is -4.59. The molecule has 27 heavy (non-hydrogen) atoms. The van der Waals surface area contributed by atoms with Crippen LogP contribution in [0.3, 0.4) is 0 Å². The first-order valence-corrected chi connectivity index (χ1v) is 9.13. The number of rotatable bonds is 5. The van der Waals surface area contributed by atoms with E-state index in [9.17, 15) is 22.8 Å². The summed E-state index contributed by atoms with van der Waals surface area (Å²) >= 11 is 0.994. The van der Waals surface area contributed by atoms with Crippen LogP contribution in [0, 0.1) is 0 Å². The van der Waals surface area contributed by atoms with Crippen molar-refractivity contribution in [3.63, 3.8) is 0 Å². The van der Waals surface area contributed by atoms with Gasteiger partial charge in [0.1, 0.15) is 0 Å². The number of carbonyl (C=O) groups is 2. The Morgan fingerprint density at radius 1 is 1.22 bits per heavy atom. The van der Waals surface area contributed by atoms with Crippen LogP contribution in [0.25, 0.3) is 0 Å². The van der Waals surface area contributed by atoms with Gasteiger partial charge in [-0.05, 0) is 30.0 Å². The molecule has 0 saturated carbocycles. The van der Waals surface area contributed by atoms with Gasteiger partial charge in [-0.1, -0.05) is 31.2 Å². The molecule has 2 heterocycles. The van der Waals surface area contributed by atoms with Crippen LogP contribution in [-0.4, -0.2) is 40.9 Å². The van der Waals surface area contributed by atoms with Crippen molar-refractivity contribution in [1.82, 2.24) is 10.2 Å². The Kier molecular flexibility index (Phi) is 5.05. The fraction of sp³-hybridized carbons (Fsp3) is 0.278. The van der Waals surface area contributed by atoms with Crippen molar-refractivity contribution in [3.05, 3.63) is 58.3 Å². The van der Waals surface area contributed by atoms with Crippen molar-refractivity contribution in [2.75, 3.05) is 6.54 Å². The number of hydrogen-bond donors (Lipinski definition) is 2. The zero-order valence-electron chi connectivity index (χ0n) is 14.3. The van der Waals surface area contributed by atoms with Gasteiger partial charge in [0.25, 0.3) is 11.7 Å². The first-order valence-electron chi connectivity index (χ1n) is 8.25. The van der Waals surface area contributed by atoms with Crippen molar-refractivity contribution in [2.24, 2.45) is 0 Å². The van der Waals surface area contributed by atoms with Crippen molar-refractivity contribution >= 4 is 29.0 Å². The number of alkyl halides is 3. The Morgan fingerprint density at radius 2 is 1.93 bits per heavy atom. The highest BCUT2D eigenvalue weighted by atomic mass is 32.1. The van der Waals surface area contributed by atoms with Gasteiger partial charge in [0.2, 0.25) is 0 Å². The average Bonchev–Trinajstić information content (AvgIpc) is 3.25. The van der Waals surface area contributed by atoms with Gasteiger partial charge in [0.15, 0.2) is 0 Å². The quantitative estimate of drug-likeness (QED) is 0.805. The first-order chi connectivity index (χ1) is 12.8. The number of amides is 2. The second kappa shape index (κ2) is 7.15. The first kappa shape index (κ1) is 19.1. The summed E-state index contributed by atoms with van der Waals surface area (Å²) in [5.41, 5.74) is -2.79. The van der Waals surface area contributed by atoms with E-state index in [2.05, 4.69) is 4.99 Å². The lowest BCUT2D eigenvalue weighted by Gasteiger charge is -2.24. The monoisotopic (exact) mass is 396 g/mol. The Labute approximate surface area is 157 Å². The van der Waals surface area contributed by atoms with E-state index >= 15 is 0 Å². The minimum absolute atomic E-state index is 0.0197. The van der Waals surface area contributed by atoms with E-state index in [1.807, 2.05) is 5.32 Å². The van der Waals surface area contributed by atoms with Crippen LogP contribution in [0.15, 0.2) is 47.8 Å². The maximum Gasteiger partial charge on any atom is 0.465 e. The van der Waals surface area contributed by atoms with Crippen molar-refractivity contribution in [1.29, 1.82) is 0 Å². The van der Waals surface area contributed by atoms with Gasteiger partial charge < -0.3 is 0 Å². The summed E-state index contributed by atoms with van der Waals surface area (Å²) < 4.78 is 42.1. The molecule has 0 saturated heterocycles. The molecule has 9 heteroatoms. The molecule has 142 valence electrons. The molecule has 1 aromatic heterocycles. The molecule has 0 fully saturated rings. The molecule has 1 aliphatic heterocycles. The number of thiophene rings is 1. The summed E-state index contributed by atoms with van der Waals surface area (Å²) in [5.74, 6) is -2.19. The number of nitrogens with zero attached hydrogens (tertiary/aromatic N) is 1. The second-order valence-electron chi connectivity index (χ2n) is 5.98. The molecule has 0 bridgehead atoms. The summed E-state index contributed by atoms with van der Waals surface area (Å²) in [6, 6.07) is 11.2. The van der Waals surface area contributed by atoms with E-state index < -0.39 is 23.7 Å². The summed E-state index contributed by atoms with van der Waals surface area (Å²) in [7, 11) is 0. The standard InChI is InChI=1S/C18H16F3N3O2S/c1-2-10-24-14(12-7-4-3-5-8-12)22-17(16(24)26,18(19,20)21)23-15(25)13-9-6-11-27-13/h3-9,11H,2,10H2,1H3,(H,23,25)/p+1/t17-/m0/s1. The second-order valence-corrected chi connectivity index (χ2v) is 6.92. The molecule has 0 aliphatic carbocycles. The molecule has 5 nitrogen and oxygen atoms in total. The topological polar surface area (TPSA) is 63.4 Å². The minimum atomic E-state index is -5.04. The minimum Gasteiger partial charge on any atom is -0.293 e. The fourth-order valence-corrected chi connectivity index (χ4v) is 3.47. The molecular weight excluding hydrogens is 379 g/mol. The molecule has 0 radical (unpaired) electrons. The maximum absolute atomic E-state index is 14.0. The average molecular weight is 396 g/mol. The molecule has 2 N–H and O–H groups in total. The van der Waals surface area contributed by atoms with E-state index in [0.717, 1.165) is 16.2 Å². The predicted molar refractivity (Wildman–Crippen MR) is 94.1 cm³/mol. The fourth-order valence-electron chi connectivity index (χ4n) is 2.85. The molecule has 1 aromatic carbocycles. The van der Waals surface area contributed by atoms with E-state index in [1.54, 1.807) is 48.7 Å². The van der Waals surface area contributed by atoms with Crippen molar-refractivity contribution in [3.8, 4) is 0 Å². The van der Waals surface area contributed by atoms with Gasteiger partial charge in [-0.3, -0.25) is 10.1 Å². The third kappa shape index (κ3) is 3.34. The number of halogens is 3. The normalized spacial score (nSPS) is 19.9. The van der Waals surface area contributed by atoms with Crippen LogP contribution >= 0.6 is 11.3 Å². The highest BCUT2D eigenvalue weighted by Crippen LogP contribution is 2.30. The Balaban J connectivity index is 2.10. The van der Waals surface area contributed by atoms with Crippen LogP contribution in [0.5, 0.6) is 0 Å². The third-order valence-corrected chi connectivity index (χ3v) is 4.98. The smallest absolute Gasteiger partial charge is 0.293 e. The van der Waals surface area contributed by atoms with Gasteiger partial charge >= 0.3 is 17.7 Å². The van der Waals surface area contributed by atoms with Crippen LogP contribution < -0.4 is 10.3 Å². The zero-order chi connectivity index (χ0) is 19.7. The lowest BCUT2D eigenvalue weighted by molar-refractivity contribution is -0.580. The molecule has 1 atom stereocenters. The number of carbonyl (C=O) groups excluding carboxylic acids is 2. The van der Waals surface area contributed by atoms with E-state index in [-0.39, 0.29) is 17.3 Å². The number of benzene rings is 1. The van der Waals surface area contributed by atoms with Crippen LogP contribution in [0.2, 0.25) is 0 Å². The maximum atomic E-state index is 14.0. The largest absolute Gasteiger partial charge is 0.465 e. The van der Waals surface area contributed by atoms with Gasteiger partial charge in [0, 0.05) is 0 Å². The van der Waals surface area contributed by atoms with Gasteiger partial charge in [-0.25, -0.2) is 9.79 Å². The van der Waals surface area contributed by atoms with E-state index in [1.165, 1.54) is 6.07 Å². The van der Waals surface area contributed by atoms with Crippen LogP contribution in [0.4, 0.5) is 13.2 Å². The summed E-state index contributed by atoms with van der Waals surface area (Å²) in [4.78, 5) is 28.6. The molecule has 3 rings (SSSR count). The Hall–Kier alpha value is -2.68. The third-order valence-electron chi connectivity index (χ3n) is 4.11.